The van der Waals surface area contributed by atoms with Crippen molar-refractivity contribution in [3.8, 4) is 0 Å². The van der Waals surface area contributed by atoms with Crippen molar-refractivity contribution >= 4 is 17.4 Å². The molecule has 2 rings (SSSR count). The first-order valence-corrected chi connectivity index (χ1v) is 5.58. The molecule has 18 heavy (non-hydrogen) atoms. The number of carbonyl (C=O) groups is 1. The van der Waals surface area contributed by atoms with Gasteiger partial charge in [0.1, 0.15) is 0 Å². The van der Waals surface area contributed by atoms with Crippen molar-refractivity contribution in [3.63, 3.8) is 0 Å². The number of amides is 1. The van der Waals surface area contributed by atoms with Crippen LogP contribution in [0.1, 0.15) is 15.9 Å². The third kappa shape index (κ3) is 2.63. The Morgan fingerprint density at radius 1 is 1.28 bits per heavy atom. The van der Waals surface area contributed by atoms with Crippen LogP contribution in [0, 0.1) is 6.92 Å². The fourth-order valence-corrected chi connectivity index (χ4v) is 1.63. The summed E-state index contributed by atoms with van der Waals surface area (Å²) in [6.07, 6.45) is 1.56. The van der Waals surface area contributed by atoms with Gasteiger partial charge >= 0.3 is 0 Å². The lowest BCUT2D eigenvalue weighted by molar-refractivity contribution is 0.102. The molecule has 1 amide bonds. The lowest BCUT2D eigenvalue weighted by atomic mass is 10.1. The number of hydrogen-bond acceptors (Lipinski definition) is 4. The zero-order chi connectivity index (χ0) is 13.0. The number of aryl methyl sites for hydroxylation is 1. The average Bonchev–Trinajstić information content (AvgIpc) is 2.39. The number of anilines is 2. The van der Waals surface area contributed by atoms with Gasteiger partial charge in [-0.2, -0.15) is 5.10 Å². The summed E-state index contributed by atoms with van der Waals surface area (Å²) in [6, 6.07) is 8.98. The molecule has 0 aliphatic carbocycles. The monoisotopic (exact) mass is 242 g/mol. The summed E-state index contributed by atoms with van der Waals surface area (Å²) in [6.45, 7) is 1.90. The van der Waals surface area contributed by atoms with Gasteiger partial charge in [0.15, 0.2) is 5.82 Å². The van der Waals surface area contributed by atoms with Crippen LogP contribution >= 0.6 is 0 Å². The number of nitrogens with zero attached hydrogens (tertiary/aromatic N) is 2. The Morgan fingerprint density at radius 2 is 2.11 bits per heavy atom. The van der Waals surface area contributed by atoms with Crippen molar-refractivity contribution in [2.75, 3.05) is 17.7 Å². The topological polar surface area (TPSA) is 66.9 Å². The van der Waals surface area contributed by atoms with E-state index in [2.05, 4.69) is 20.8 Å². The number of nitrogens with one attached hydrogen (secondary N) is 2. The Balaban J connectivity index is 2.19. The van der Waals surface area contributed by atoms with Crippen LogP contribution in [0.15, 0.2) is 36.5 Å². The molecule has 2 N–H and O–H groups in total. The normalized spacial score (nSPS) is 9.89. The summed E-state index contributed by atoms with van der Waals surface area (Å²) in [5.41, 5.74) is 2.51. The Kier molecular flexibility index (Phi) is 3.52. The zero-order valence-corrected chi connectivity index (χ0v) is 10.3. The second kappa shape index (κ2) is 5.27. The van der Waals surface area contributed by atoms with Crippen molar-refractivity contribution in [2.24, 2.45) is 0 Å². The van der Waals surface area contributed by atoms with Crippen molar-refractivity contribution in [1.29, 1.82) is 0 Å². The summed E-state index contributed by atoms with van der Waals surface area (Å²) in [5.74, 6) is 0.259. The molecule has 1 heterocycles. The highest BCUT2D eigenvalue weighted by atomic mass is 16.1. The Morgan fingerprint density at radius 3 is 2.72 bits per heavy atom. The van der Waals surface area contributed by atoms with Gasteiger partial charge in [0.2, 0.25) is 0 Å². The van der Waals surface area contributed by atoms with E-state index in [1.165, 1.54) is 0 Å². The van der Waals surface area contributed by atoms with Gasteiger partial charge in [0.25, 0.3) is 5.91 Å². The molecule has 0 bridgehead atoms. The number of benzene rings is 1. The molecule has 0 unspecified atom stereocenters. The number of aromatic nitrogens is 2. The maximum absolute atomic E-state index is 12.0. The van der Waals surface area contributed by atoms with E-state index >= 15 is 0 Å². The predicted octanol–water partition coefficient (Wildman–Crippen LogP) is 2.08. The van der Waals surface area contributed by atoms with Crippen molar-refractivity contribution < 1.29 is 4.79 Å². The zero-order valence-electron chi connectivity index (χ0n) is 10.3. The van der Waals surface area contributed by atoms with E-state index < -0.39 is 0 Å². The van der Waals surface area contributed by atoms with Crippen LogP contribution < -0.4 is 10.6 Å². The molecule has 5 heteroatoms. The van der Waals surface area contributed by atoms with E-state index in [0.717, 1.165) is 11.3 Å². The lowest BCUT2D eigenvalue weighted by Gasteiger charge is -2.08. The minimum Gasteiger partial charge on any atom is -0.388 e. The lowest BCUT2D eigenvalue weighted by Crippen LogP contribution is -2.14. The van der Waals surface area contributed by atoms with Gasteiger partial charge in [0.05, 0.1) is 0 Å². The van der Waals surface area contributed by atoms with Gasteiger partial charge in [-0.3, -0.25) is 4.79 Å². The van der Waals surface area contributed by atoms with Gasteiger partial charge in [-0.05, 0) is 42.8 Å². The smallest absolute Gasteiger partial charge is 0.257 e. The molecular weight excluding hydrogens is 228 g/mol. The first-order valence-electron chi connectivity index (χ1n) is 5.58. The van der Waals surface area contributed by atoms with E-state index in [4.69, 9.17) is 0 Å². The molecule has 2 aromatic rings. The fourth-order valence-electron chi connectivity index (χ4n) is 1.63. The van der Waals surface area contributed by atoms with Crippen LogP contribution in [0.3, 0.4) is 0 Å². The SMILES string of the molecule is CNc1ccc(C(=O)Nc2cccnn2)c(C)c1. The summed E-state index contributed by atoms with van der Waals surface area (Å²) < 4.78 is 0. The quantitative estimate of drug-likeness (QED) is 0.864. The van der Waals surface area contributed by atoms with Crippen molar-refractivity contribution in [1.82, 2.24) is 10.2 Å². The molecular formula is C13H14N4O. The Labute approximate surface area is 105 Å². The number of hydrogen-bond donors (Lipinski definition) is 2. The summed E-state index contributed by atoms with van der Waals surface area (Å²) in [7, 11) is 1.84. The van der Waals surface area contributed by atoms with Crippen LogP contribution in [0.4, 0.5) is 11.5 Å². The molecule has 0 fully saturated rings. The summed E-state index contributed by atoms with van der Waals surface area (Å²) in [5, 5.41) is 13.3. The highest BCUT2D eigenvalue weighted by molar-refractivity contribution is 6.04. The standard InChI is InChI=1S/C13H14N4O/c1-9-8-10(14-2)5-6-11(9)13(18)16-12-4-3-7-15-17-12/h3-8,14H,1-2H3,(H,16,17,18). The van der Waals surface area contributed by atoms with E-state index in [0.29, 0.717) is 11.4 Å². The molecule has 0 spiro atoms. The van der Waals surface area contributed by atoms with Crippen LogP contribution in [0.2, 0.25) is 0 Å². The molecule has 0 saturated heterocycles. The van der Waals surface area contributed by atoms with Crippen LogP contribution in [-0.4, -0.2) is 23.2 Å². The van der Waals surface area contributed by atoms with E-state index in [-0.39, 0.29) is 5.91 Å². The van der Waals surface area contributed by atoms with E-state index in [9.17, 15) is 4.79 Å². The summed E-state index contributed by atoms with van der Waals surface area (Å²) >= 11 is 0. The van der Waals surface area contributed by atoms with Gasteiger partial charge in [-0.1, -0.05) is 0 Å². The molecule has 0 aliphatic heterocycles. The highest BCUT2D eigenvalue weighted by Gasteiger charge is 2.10. The molecule has 0 saturated carbocycles. The van der Waals surface area contributed by atoms with Gasteiger partial charge in [-0.15, -0.1) is 5.10 Å². The second-order valence-corrected chi connectivity index (χ2v) is 3.84. The third-order valence-corrected chi connectivity index (χ3v) is 2.57. The van der Waals surface area contributed by atoms with Crippen LogP contribution in [0.25, 0.3) is 0 Å². The number of rotatable bonds is 3. The third-order valence-electron chi connectivity index (χ3n) is 2.57. The molecule has 92 valence electrons. The molecule has 5 nitrogen and oxygen atoms in total. The van der Waals surface area contributed by atoms with Crippen molar-refractivity contribution in [3.05, 3.63) is 47.7 Å². The van der Waals surface area contributed by atoms with Gasteiger partial charge in [0, 0.05) is 24.5 Å². The highest BCUT2D eigenvalue weighted by Crippen LogP contribution is 2.15. The first-order chi connectivity index (χ1) is 8.70. The maximum Gasteiger partial charge on any atom is 0.257 e. The molecule has 0 atom stereocenters. The second-order valence-electron chi connectivity index (χ2n) is 3.84. The molecule has 1 aromatic heterocycles. The van der Waals surface area contributed by atoms with E-state index in [1.807, 2.05) is 26.1 Å². The number of carbonyl (C=O) groups excluding carboxylic acids is 1. The maximum atomic E-state index is 12.0. The Hall–Kier alpha value is -2.43. The summed E-state index contributed by atoms with van der Waals surface area (Å²) in [4.78, 5) is 12.0. The molecule has 0 radical (unpaired) electrons. The molecule has 1 aromatic carbocycles. The fraction of sp³-hybridized carbons (Fsp3) is 0.154. The predicted molar refractivity (Wildman–Crippen MR) is 70.7 cm³/mol. The first kappa shape index (κ1) is 12.0. The minimum atomic E-state index is -0.185. The minimum absolute atomic E-state index is 0.185. The van der Waals surface area contributed by atoms with Crippen LogP contribution in [-0.2, 0) is 0 Å². The van der Waals surface area contributed by atoms with E-state index in [1.54, 1.807) is 24.4 Å². The average molecular weight is 242 g/mol. The van der Waals surface area contributed by atoms with Gasteiger partial charge in [-0.25, -0.2) is 0 Å². The largest absolute Gasteiger partial charge is 0.388 e. The van der Waals surface area contributed by atoms with Crippen LogP contribution in [0.5, 0.6) is 0 Å². The van der Waals surface area contributed by atoms with Gasteiger partial charge < -0.3 is 10.6 Å². The van der Waals surface area contributed by atoms with Crippen molar-refractivity contribution in [2.45, 2.75) is 6.92 Å². The molecule has 0 aliphatic rings. The Bertz CT molecular complexity index is 554.